The van der Waals surface area contributed by atoms with Crippen LogP contribution in [0.3, 0.4) is 0 Å². The molecule has 3 fully saturated rings. The third-order valence-corrected chi connectivity index (χ3v) is 5.50. The van der Waals surface area contributed by atoms with Gasteiger partial charge in [-0.1, -0.05) is 0 Å². The lowest BCUT2D eigenvalue weighted by Gasteiger charge is -2.44. The van der Waals surface area contributed by atoms with E-state index in [1.165, 1.54) is 0 Å². The van der Waals surface area contributed by atoms with Crippen LogP contribution in [0.4, 0.5) is 10.5 Å². The number of hydrogen-bond donors (Lipinski definition) is 5. The van der Waals surface area contributed by atoms with Crippen molar-refractivity contribution in [2.75, 3.05) is 25.0 Å². The molecule has 3 aliphatic heterocycles. The van der Waals surface area contributed by atoms with Gasteiger partial charge in [0.25, 0.3) is 12.4 Å². The number of carboxylic acid groups (broad SMARTS) is 1. The van der Waals surface area contributed by atoms with Gasteiger partial charge in [0.15, 0.2) is 5.69 Å². The van der Waals surface area contributed by atoms with Crippen LogP contribution in [0.5, 0.6) is 0 Å². The Morgan fingerprint density at radius 1 is 1.26 bits per heavy atom. The molecule has 10 nitrogen and oxygen atoms in total. The van der Waals surface area contributed by atoms with Gasteiger partial charge in [-0.3, -0.25) is 14.7 Å². The van der Waals surface area contributed by atoms with Crippen molar-refractivity contribution in [2.45, 2.75) is 45.2 Å². The predicted molar refractivity (Wildman–Crippen MR) is 117 cm³/mol. The number of nitrogens with one attached hydrogen (secondary N) is 4. The van der Waals surface area contributed by atoms with Crippen molar-refractivity contribution < 1.29 is 19.5 Å². The molecule has 1 atom stereocenters. The van der Waals surface area contributed by atoms with Crippen LogP contribution in [0.1, 0.15) is 44.1 Å². The highest BCUT2D eigenvalue weighted by atomic mass is 16.3. The highest BCUT2D eigenvalue weighted by molar-refractivity contribution is 6.06. The van der Waals surface area contributed by atoms with Gasteiger partial charge < -0.3 is 26.0 Å². The summed E-state index contributed by atoms with van der Waals surface area (Å²) in [5.41, 5.74) is 1.42. The molecule has 31 heavy (non-hydrogen) atoms. The van der Waals surface area contributed by atoms with Crippen LogP contribution in [0.25, 0.3) is 10.9 Å². The summed E-state index contributed by atoms with van der Waals surface area (Å²) < 4.78 is 0. The van der Waals surface area contributed by atoms with E-state index in [1.54, 1.807) is 12.1 Å². The van der Waals surface area contributed by atoms with E-state index < -0.39 is 0 Å². The number of benzene rings is 1. The van der Waals surface area contributed by atoms with Crippen LogP contribution in [0.2, 0.25) is 0 Å². The van der Waals surface area contributed by atoms with Crippen LogP contribution < -0.4 is 16.0 Å². The van der Waals surface area contributed by atoms with Gasteiger partial charge in [0.2, 0.25) is 0 Å². The Bertz CT molecular complexity index is 943. The average molecular weight is 431 g/mol. The molecule has 0 aliphatic carbocycles. The van der Waals surface area contributed by atoms with E-state index >= 15 is 0 Å². The van der Waals surface area contributed by atoms with Gasteiger partial charge in [0.05, 0.1) is 5.52 Å². The number of aromatic amines is 1. The molecule has 0 saturated carbocycles. The van der Waals surface area contributed by atoms with E-state index in [2.05, 4.69) is 31.0 Å². The molecule has 1 aromatic heterocycles. The van der Waals surface area contributed by atoms with Crippen LogP contribution in [0.15, 0.2) is 18.2 Å². The lowest BCUT2D eigenvalue weighted by molar-refractivity contribution is -0.122. The topological polar surface area (TPSA) is 139 Å². The first-order valence-electron chi connectivity index (χ1n) is 10.4. The van der Waals surface area contributed by atoms with E-state index in [-0.39, 0.29) is 30.0 Å². The molecule has 4 heterocycles. The second-order valence-corrected chi connectivity index (χ2v) is 8.99. The van der Waals surface area contributed by atoms with Crippen molar-refractivity contribution in [1.82, 2.24) is 25.7 Å². The van der Waals surface area contributed by atoms with E-state index in [0.29, 0.717) is 22.7 Å². The molecule has 1 aromatic carbocycles. The van der Waals surface area contributed by atoms with Crippen LogP contribution in [-0.2, 0) is 4.79 Å². The monoisotopic (exact) mass is 430 g/mol. The van der Waals surface area contributed by atoms with Crippen LogP contribution >= 0.6 is 0 Å². The summed E-state index contributed by atoms with van der Waals surface area (Å²) in [4.78, 5) is 35.8. The van der Waals surface area contributed by atoms with Crippen molar-refractivity contribution in [3.8, 4) is 0 Å². The Balaban J connectivity index is 0.000000858. The van der Waals surface area contributed by atoms with E-state index in [0.717, 1.165) is 38.0 Å². The number of amides is 3. The zero-order chi connectivity index (χ0) is 22.6. The maximum Gasteiger partial charge on any atom is 0.319 e. The number of nitrogens with zero attached hydrogens (tertiary/aromatic N) is 2. The molecule has 0 unspecified atom stereocenters. The van der Waals surface area contributed by atoms with Crippen molar-refractivity contribution in [3.63, 3.8) is 0 Å². The summed E-state index contributed by atoms with van der Waals surface area (Å²) in [7, 11) is 0. The molecule has 5 N–H and O–H groups in total. The highest BCUT2D eigenvalue weighted by Crippen LogP contribution is 2.28. The zero-order valence-electron chi connectivity index (χ0n) is 18.1. The number of H-pyrrole nitrogens is 1. The minimum absolute atomic E-state index is 0.165. The zero-order valence-corrected chi connectivity index (χ0v) is 18.1. The summed E-state index contributed by atoms with van der Waals surface area (Å²) in [5, 5.41) is 23.6. The van der Waals surface area contributed by atoms with E-state index in [9.17, 15) is 9.59 Å². The molecule has 168 valence electrons. The van der Waals surface area contributed by atoms with Gasteiger partial charge in [-0.25, -0.2) is 4.79 Å². The van der Waals surface area contributed by atoms with Gasteiger partial charge in [-0.2, -0.15) is 5.10 Å². The summed E-state index contributed by atoms with van der Waals surface area (Å²) in [6, 6.07) is 5.29. The normalized spacial score (nSPS) is 22.2. The number of fused-ring (bicyclic) bond motifs is 4. The predicted octanol–water partition coefficient (Wildman–Crippen LogP) is 2.01. The number of rotatable bonds is 3. The molecule has 3 aliphatic rings. The Morgan fingerprint density at radius 2 is 1.94 bits per heavy atom. The molecule has 3 saturated heterocycles. The Labute approximate surface area is 180 Å². The number of carbonyl (C=O) groups is 3. The number of anilines is 1. The number of aromatic nitrogens is 2. The molecule has 3 amide bonds. The fourth-order valence-electron chi connectivity index (χ4n) is 4.13. The molecular formula is C21H30N6O4. The molecule has 0 spiro atoms. The standard InChI is InChI=1S/C20H28N6O2.CH2O2/c1-20(2,3)23-19(28)21-13-4-5-15-14(10-13)17(25-24-15)18(27)22-16-11-26-8-6-12(16)7-9-26;2-1-3/h4-5,10,12,16H,6-9,11H2,1-3H3,(H,22,27)(H,24,25)(H2,21,23,28);1H,(H,2,3)/t16-;/m0./s1. The number of carbonyl (C=O) groups excluding carboxylic acids is 2. The lowest BCUT2D eigenvalue weighted by atomic mass is 9.84. The summed E-state index contributed by atoms with van der Waals surface area (Å²) >= 11 is 0. The molecule has 2 bridgehead atoms. The minimum atomic E-state index is -0.329. The number of piperidine rings is 3. The van der Waals surface area contributed by atoms with Crippen molar-refractivity contribution in [3.05, 3.63) is 23.9 Å². The molecule has 5 rings (SSSR count). The van der Waals surface area contributed by atoms with Gasteiger partial charge >= 0.3 is 6.03 Å². The maximum atomic E-state index is 12.9. The Hall–Kier alpha value is -3.14. The first-order chi connectivity index (χ1) is 14.7. The van der Waals surface area contributed by atoms with E-state index in [1.807, 2.05) is 26.8 Å². The average Bonchev–Trinajstić information content (AvgIpc) is 3.11. The van der Waals surface area contributed by atoms with Gasteiger partial charge in [-0.15, -0.1) is 0 Å². The van der Waals surface area contributed by atoms with Crippen LogP contribution in [-0.4, -0.2) is 69.8 Å². The smallest absolute Gasteiger partial charge is 0.319 e. The maximum absolute atomic E-state index is 12.9. The Morgan fingerprint density at radius 3 is 2.52 bits per heavy atom. The summed E-state index contributed by atoms with van der Waals surface area (Å²) in [6.07, 6.45) is 2.28. The quantitative estimate of drug-likeness (QED) is 0.472. The Kier molecular flexibility index (Phi) is 6.79. The number of hydrogen-bond acceptors (Lipinski definition) is 5. The molecule has 10 heteroatoms. The van der Waals surface area contributed by atoms with E-state index in [4.69, 9.17) is 9.90 Å². The second kappa shape index (κ2) is 9.34. The van der Waals surface area contributed by atoms with Gasteiger partial charge in [0, 0.05) is 29.2 Å². The molecular weight excluding hydrogens is 400 g/mol. The van der Waals surface area contributed by atoms with Crippen molar-refractivity contribution >= 4 is 35.0 Å². The second-order valence-electron chi connectivity index (χ2n) is 8.99. The molecule has 0 radical (unpaired) electrons. The van der Waals surface area contributed by atoms with Crippen molar-refractivity contribution in [1.29, 1.82) is 0 Å². The molecule has 2 aromatic rings. The van der Waals surface area contributed by atoms with Gasteiger partial charge in [0.1, 0.15) is 0 Å². The fourth-order valence-corrected chi connectivity index (χ4v) is 4.13. The lowest BCUT2D eigenvalue weighted by Crippen LogP contribution is -2.57. The number of urea groups is 1. The first-order valence-corrected chi connectivity index (χ1v) is 10.4. The van der Waals surface area contributed by atoms with Crippen LogP contribution in [0, 0.1) is 5.92 Å². The largest absolute Gasteiger partial charge is 0.483 e. The summed E-state index contributed by atoms with van der Waals surface area (Å²) in [6.45, 7) is 8.69. The summed E-state index contributed by atoms with van der Waals surface area (Å²) in [5.74, 6) is 0.388. The third kappa shape index (κ3) is 5.72. The highest BCUT2D eigenvalue weighted by Gasteiger charge is 2.35. The SMILES string of the molecule is CC(C)(C)NC(=O)Nc1ccc2[nH]nc(C(=O)N[C@H]3CN4CCC3CC4)c2c1.O=CO. The third-order valence-electron chi connectivity index (χ3n) is 5.50. The fraction of sp³-hybridized carbons (Fsp3) is 0.524. The van der Waals surface area contributed by atoms with Gasteiger partial charge in [-0.05, 0) is 70.8 Å². The van der Waals surface area contributed by atoms with Crippen molar-refractivity contribution in [2.24, 2.45) is 5.92 Å². The first kappa shape index (κ1) is 22.5. The minimum Gasteiger partial charge on any atom is -0.483 e.